The van der Waals surface area contributed by atoms with Gasteiger partial charge in [-0.25, -0.2) is 13.4 Å². The van der Waals surface area contributed by atoms with Crippen LogP contribution in [0.25, 0.3) is 10.6 Å². The maximum Gasteiger partial charge on any atom is 0.225 e. The van der Waals surface area contributed by atoms with Gasteiger partial charge in [0.1, 0.15) is 5.01 Å². The molecule has 2 heterocycles. The van der Waals surface area contributed by atoms with Gasteiger partial charge in [0.05, 0.1) is 23.6 Å². The van der Waals surface area contributed by atoms with Gasteiger partial charge in [0.2, 0.25) is 5.91 Å². The van der Waals surface area contributed by atoms with Crippen LogP contribution in [0.1, 0.15) is 17.0 Å². The van der Waals surface area contributed by atoms with Crippen molar-refractivity contribution in [1.29, 1.82) is 0 Å². The lowest BCUT2D eigenvalue weighted by molar-refractivity contribution is -0.120. The highest BCUT2D eigenvalue weighted by molar-refractivity contribution is 7.91. The molecule has 24 heavy (non-hydrogen) atoms. The Bertz CT molecular complexity index is 829. The van der Waals surface area contributed by atoms with E-state index in [2.05, 4.69) is 10.3 Å². The Kier molecular flexibility index (Phi) is 5.01. The summed E-state index contributed by atoms with van der Waals surface area (Å²) < 4.78 is 22.9. The summed E-state index contributed by atoms with van der Waals surface area (Å²) in [6.07, 6.45) is 0.927. The summed E-state index contributed by atoms with van der Waals surface area (Å²) in [5.41, 5.74) is 1.92. The lowest BCUT2D eigenvalue weighted by atomic mass is 10.1. The van der Waals surface area contributed by atoms with E-state index in [1.807, 2.05) is 37.3 Å². The molecule has 1 aliphatic heterocycles. The fraction of sp³-hybridized carbons (Fsp3) is 0.412. The molecule has 0 radical (unpaired) electrons. The number of aromatic nitrogens is 1. The first-order valence-corrected chi connectivity index (χ1v) is 10.6. The summed E-state index contributed by atoms with van der Waals surface area (Å²) in [6, 6.07) is 9.90. The number of aryl methyl sites for hydroxylation is 1. The van der Waals surface area contributed by atoms with Crippen LogP contribution in [0.5, 0.6) is 0 Å². The highest BCUT2D eigenvalue weighted by Gasteiger charge is 2.28. The van der Waals surface area contributed by atoms with Crippen molar-refractivity contribution in [3.63, 3.8) is 0 Å². The van der Waals surface area contributed by atoms with Crippen LogP contribution in [0.3, 0.4) is 0 Å². The molecule has 1 aromatic heterocycles. The predicted molar refractivity (Wildman–Crippen MR) is 95.8 cm³/mol. The molecular weight excluding hydrogens is 344 g/mol. The summed E-state index contributed by atoms with van der Waals surface area (Å²) in [5, 5.41) is 3.78. The molecule has 7 heteroatoms. The normalized spacial score (nSPS) is 19.3. The second kappa shape index (κ2) is 7.03. The fourth-order valence-electron chi connectivity index (χ4n) is 2.80. The van der Waals surface area contributed by atoms with Crippen LogP contribution in [-0.4, -0.2) is 37.4 Å². The second-order valence-electron chi connectivity index (χ2n) is 6.14. The van der Waals surface area contributed by atoms with Crippen LogP contribution in [0.15, 0.2) is 30.3 Å². The van der Waals surface area contributed by atoms with E-state index < -0.39 is 9.84 Å². The zero-order chi connectivity index (χ0) is 17.2. The molecule has 1 atom stereocenters. The minimum atomic E-state index is -2.90. The maximum atomic E-state index is 12.1. The van der Waals surface area contributed by atoms with Gasteiger partial charge in [-0.3, -0.25) is 4.79 Å². The van der Waals surface area contributed by atoms with Gasteiger partial charge in [-0.05, 0) is 19.3 Å². The topological polar surface area (TPSA) is 76.1 Å². The summed E-state index contributed by atoms with van der Waals surface area (Å²) in [7, 11) is -2.90. The highest BCUT2D eigenvalue weighted by Crippen LogP contribution is 2.28. The molecule has 3 rings (SSSR count). The van der Waals surface area contributed by atoms with Crippen molar-refractivity contribution >= 4 is 27.1 Å². The van der Waals surface area contributed by atoms with Gasteiger partial charge in [0, 0.05) is 17.0 Å². The SMILES string of the molecule is Cc1nc(-c2ccccc2)sc1CC(=O)NC[C@H]1CCS(=O)(=O)C1. The predicted octanol–water partition coefficient (Wildman–Crippen LogP) is 2.21. The maximum absolute atomic E-state index is 12.1. The van der Waals surface area contributed by atoms with Crippen LogP contribution >= 0.6 is 11.3 Å². The second-order valence-corrected chi connectivity index (χ2v) is 9.46. The first-order chi connectivity index (χ1) is 11.4. The third kappa shape index (κ3) is 4.21. The molecule has 0 unspecified atom stereocenters. The smallest absolute Gasteiger partial charge is 0.225 e. The Morgan fingerprint density at radius 3 is 2.75 bits per heavy atom. The van der Waals surface area contributed by atoms with Crippen molar-refractivity contribution in [3.05, 3.63) is 40.9 Å². The lowest BCUT2D eigenvalue weighted by Gasteiger charge is -2.09. The number of hydrogen-bond acceptors (Lipinski definition) is 5. The van der Waals surface area contributed by atoms with E-state index in [0.29, 0.717) is 13.0 Å². The number of sulfone groups is 1. The molecule has 1 aromatic carbocycles. The minimum absolute atomic E-state index is 0.0430. The number of nitrogens with zero attached hydrogens (tertiary/aromatic N) is 1. The van der Waals surface area contributed by atoms with E-state index in [4.69, 9.17) is 0 Å². The van der Waals surface area contributed by atoms with Gasteiger partial charge in [0.25, 0.3) is 0 Å². The molecular formula is C17H20N2O3S2. The first-order valence-electron chi connectivity index (χ1n) is 7.92. The zero-order valence-corrected chi connectivity index (χ0v) is 15.1. The number of benzene rings is 1. The molecule has 1 aliphatic rings. The van der Waals surface area contributed by atoms with Gasteiger partial charge in [0.15, 0.2) is 9.84 Å². The molecule has 5 nitrogen and oxygen atoms in total. The zero-order valence-electron chi connectivity index (χ0n) is 13.5. The highest BCUT2D eigenvalue weighted by atomic mass is 32.2. The van der Waals surface area contributed by atoms with Crippen molar-refractivity contribution in [3.8, 4) is 10.6 Å². The number of amides is 1. The first kappa shape index (κ1) is 17.1. The molecule has 1 saturated heterocycles. The Morgan fingerprint density at radius 2 is 2.08 bits per heavy atom. The number of nitrogens with one attached hydrogen (secondary N) is 1. The Balaban J connectivity index is 1.58. The molecule has 1 N–H and O–H groups in total. The average molecular weight is 364 g/mol. The van der Waals surface area contributed by atoms with Gasteiger partial charge >= 0.3 is 0 Å². The van der Waals surface area contributed by atoms with Gasteiger partial charge in [-0.15, -0.1) is 11.3 Å². The van der Waals surface area contributed by atoms with E-state index in [-0.39, 0.29) is 29.8 Å². The van der Waals surface area contributed by atoms with Crippen LogP contribution < -0.4 is 5.32 Å². The van der Waals surface area contributed by atoms with Crippen LogP contribution in [0.2, 0.25) is 0 Å². The van der Waals surface area contributed by atoms with Crippen LogP contribution in [-0.2, 0) is 21.1 Å². The summed E-state index contributed by atoms with van der Waals surface area (Å²) in [5.74, 6) is 0.388. The van der Waals surface area contributed by atoms with E-state index >= 15 is 0 Å². The fourth-order valence-corrected chi connectivity index (χ4v) is 5.72. The monoisotopic (exact) mass is 364 g/mol. The molecule has 1 amide bonds. The minimum Gasteiger partial charge on any atom is -0.355 e. The third-order valence-electron chi connectivity index (χ3n) is 4.15. The average Bonchev–Trinajstić information content (AvgIpc) is 3.09. The van der Waals surface area contributed by atoms with E-state index in [1.54, 1.807) is 0 Å². The van der Waals surface area contributed by atoms with E-state index in [1.165, 1.54) is 11.3 Å². The van der Waals surface area contributed by atoms with Crippen molar-refractivity contribution in [1.82, 2.24) is 10.3 Å². The van der Waals surface area contributed by atoms with Gasteiger partial charge < -0.3 is 5.32 Å². The molecule has 0 spiro atoms. The Hall–Kier alpha value is -1.73. The largest absolute Gasteiger partial charge is 0.355 e. The van der Waals surface area contributed by atoms with E-state index in [9.17, 15) is 13.2 Å². The summed E-state index contributed by atoms with van der Waals surface area (Å²) >= 11 is 1.53. The third-order valence-corrected chi connectivity index (χ3v) is 7.19. The lowest BCUT2D eigenvalue weighted by Crippen LogP contribution is -2.30. The summed E-state index contributed by atoms with van der Waals surface area (Å²) in [4.78, 5) is 17.6. The number of carbonyl (C=O) groups is 1. The number of carbonyl (C=O) groups excluding carboxylic acids is 1. The van der Waals surface area contributed by atoms with Gasteiger partial charge in [-0.1, -0.05) is 30.3 Å². The summed E-state index contributed by atoms with van der Waals surface area (Å²) in [6.45, 7) is 2.34. The molecule has 0 bridgehead atoms. The molecule has 2 aromatic rings. The Labute approximate surface area is 146 Å². The Morgan fingerprint density at radius 1 is 1.33 bits per heavy atom. The van der Waals surface area contributed by atoms with Crippen molar-refractivity contribution in [2.75, 3.05) is 18.1 Å². The van der Waals surface area contributed by atoms with Crippen molar-refractivity contribution < 1.29 is 13.2 Å². The van der Waals surface area contributed by atoms with Crippen LogP contribution in [0, 0.1) is 12.8 Å². The van der Waals surface area contributed by atoms with Crippen LogP contribution in [0.4, 0.5) is 0 Å². The molecule has 1 fully saturated rings. The molecule has 128 valence electrons. The van der Waals surface area contributed by atoms with Gasteiger partial charge in [-0.2, -0.15) is 0 Å². The number of hydrogen-bond donors (Lipinski definition) is 1. The molecule has 0 aliphatic carbocycles. The molecule has 0 saturated carbocycles. The van der Waals surface area contributed by atoms with Crippen molar-refractivity contribution in [2.24, 2.45) is 5.92 Å². The van der Waals surface area contributed by atoms with Crippen molar-refractivity contribution in [2.45, 2.75) is 19.8 Å². The van der Waals surface area contributed by atoms with E-state index in [0.717, 1.165) is 21.1 Å². The number of thiazole rings is 1. The number of rotatable bonds is 5. The standard InChI is InChI=1S/C17H20N2O3S2/c1-12-15(23-17(19-12)14-5-3-2-4-6-14)9-16(20)18-10-13-7-8-24(21,22)11-13/h2-6,13H,7-11H2,1H3,(H,18,20)/t13-/m1/s1. The quantitative estimate of drug-likeness (QED) is 0.882.